The molecule has 0 bridgehead atoms. The molecule has 2 aromatic carbocycles. The zero-order chi connectivity index (χ0) is 13.1. The van der Waals surface area contributed by atoms with Crippen LogP contribution in [0.2, 0.25) is 0 Å². The minimum Gasteiger partial charge on any atom is -0.324 e. The smallest absolute Gasteiger partial charge is 0.159 e. The van der Waals surface area contributed by atoms with Crippen LogP contribution >= 0.6 is 0 Å². The number of halogens is 2. The van der Waals surface area contributed by atoms with E-state index in [2.05, 4.69) is 0 Å². The molecule has 0 saturated heterocycles. The van der Waals surface area contributed by atoms with Gasteiger partial charge >= 0.3 is 0 Å². The number of aryl methyl sites for hydroxylation is 1. The summed E-state index contributed by atoms with van der Waals surface area (Å²) in [5.74, 6) is -1.66. The van der Waals surface area contributed by atoms with Crippen molar-refractivity contribution in [1.82, 2.24) is 0 Å². The molecular weight excluding hydrogens is 232 g/mol. The summed E-state index contributed by atoms with van der Waals surface area (Å²) in [5, 5.41) is 0. The van der Waals surface area contributed by atoms with E-state index in [0.717, 1.165) is 17.2 Å². The molecule has 0 aliphatic rings. The van der Waals surface area contributed by atoms with E-state index in [0.29, 0.717) is 12.0 Å². The number of rotatable bonds is 3. The summed E-state index contributed by atoms with van der Waals surface area (Å²) in [6.45, 7) is 1.99. The maximum atomic E-state index is 13.1. The molecule has 0 radical (unpaired) electrons. The van der Waals surface area contributed by atoms with Crippen molar-refractivity contribution in [3.8, 4) is 0 Å². The Bertz CT molecular complexity index is 552. The highest BCUT2D eigenvalue weighted by Crippen LogP contribution is 2.20. The van der Waals surface area contributed by atoms with Gasteiger partial charge < -0.3 is 5.73 Å². The Morgan fingerprint density at radius 3 is 2.44 bits per heavy atom. The van der Waals surface area contributed by atoms with Crippen LogP contribution in [0.4, 0.5) is 8.78 Å². The number of hydrogen-bond acceptors (Lipinski definition) is 1. The van der Waals surface area contributed by atoms with Crippen LogP contribution in [0.1, 0.15) is 22.7 Å². The molecule has 94 valence electrons. The lowest BCUT2D eigenvalue weighted by molar-refractivity contribution is 0.506. The van der Waals surface area contributed by atoms with Crippen LogP contribution in [-0.4, -0.2) is 0 Å². The lowest BCUT2D eigenvalue weighted by Gasteiger charge is -2.14. The van der Waals surface area contributed by atoms with Gasteiger partial charge in [-0.3, -0.25) is 0 Å². The Morgan fingerprint density at radius 2 is 1.78 bits per heavy atom. The summed E-state index contributed by atoms with van der Waals surface area (Å²) < 4.78 is 25.9. The molecule has 2 aromatic rings. The summed E-state index contributed by atoms with van der Waals surface area (Å²) in [7, 11) is 0. The van der Waals surface area contributed by atoms with E-state index < -0.39 is 11.6 Å². The first-order chi connectivity index (χ1) is 8.58. The highest BCUT2D eigenvalue weighted by Gasteiger charge is 2.11. The molecule has 2 N–H and O–H groups in total. The van der Waals surface area contributed by atoms with Crippen molar-refractivity contribution in [2.24, 2.45) is 5.73 Å². The third-order valence-corrected chi connectivity index (χ3v) is 3.03. The molecule has 0 heterocycles. The third kappa shape index (κ3) is 2.74. The van der Waals surface area contributed by atoms with Gasteiger partial charge in [0.25, 0.3) is 0 Å². The van der Waals surface area contributed by atoms with Gasteiger partial charge in [-0.25, -0.2) is 8.78 Å². The fourth-order valence-electron chi connectivity index (χ4n) is 2.03. The minimum atomic E-state index is -0.830. The Hall–Kier alpha value is -1.74. The Kier molecular flexibility index (Phi) is 3.72. The van der Waals surface area contributed by atoms with Gasteiger partial charge in [-0.15, -0.1) is 0 Å². The summed E-state index contributed by atoms with van der Waals surface area (Å²) in [5.41, 5.74) is 8.93. The largest absolute Gasteiger partial charge is 0.324 e. The number of nitrogens with two attached hydrogens (primary N) is 1. The van der Waals surface area contributed by atoms with Crippen LogP contribution in [0.25, 0.3) is 0 Å². The average Bonchev–Trinajstić information content (AvgIpc) is 2.34. The summed E-state index contributed by atoms with van der Waals surface area (Å²) in [4.78, 5) is 0. The van der Waals surface area contributed by atoms with Gasteiger partial charge in [-0.2, -0.15) is 0 Å². The Morgan fingerprint density at radius 1 is 1.06 bits per heavy atom. The monoisotopic (exact) mass is 247 g/mol. The van der Waals surface area contributed by atoms with Crippen molar-refractivity contribution in [2.45, 2.75) is 19.4 Å². The summed E-state index contributed by atoms with van der Waals surface area (Å²) >= 11 is 0. The molecule has 2 rings (SSSR count). The number of benzene rings is 2. The molecule has 0 spiro atoms. The average molecular weight is 247 g/mol. The van der Waals surface area contributed by atoms with E-state index in [1.165, 1.54) is 6.07 Å². The lowest BCUT2D eigenvalue weighted by Crippen LogP contribution is -2.14. The maximum Gasteiger partial charge on any atom is 0.159 e. The van der Waals surface area contributed by atoms with Crippen LogP contribution < -0.4 is 5.73 Å². The van der Waals surface area contributed by atoms with Crippen molar-refractivity contribution in [1.29, 1.82) is 0 Å². The van der Waals surface area contributed by atoms with E-state index in [-0.39, 0.29) is 6.04 Å². The molecule has 0 fully saturated rings. The zero-order valence-electron chi connectivity index (χ0n) is 10.2. The summed E-state index contributed by atoms with van der Waals surface area (Å²) in [6, 6.07) is 11.5. The Labute approximate surface area is 105 Å². The van der Waals surface area contributed by atoms with Crippen molar-refractivity contribution in [3.63, 3.8) is 0 Å². The molecular formula is C15H15F2N. The highest BCUT2D eigenvalue weighted by atomic mass is 19.2. The second-order valence-corrected chi connectivity index (χ2v) is 4.42. The van der Waals surface area contributed by atoms with Gasteiger partial charge in [0, 0.05) is 6.04 Å². The SMILES string of the molecule is Cc1ccccc1C(N)Cc1ccc(F)c(F)c1. The van der Waals surface area contributed by atoms with Gasteiger partial charge in [-0.05, 0) is 42.2 Å². The molecule has 3 heteroatoms. The standard InChI is InChI=1S/C15H15F2N/c1-10-4-2-3-5-12(10)15(18)9-11-6-7-13(16)14(17)8-11/h2-8,15H,9,18H2,1H3. The topological polar surface area (TPSA) is 26.0 Å². The molecule has 18 heavy (non-hydrogen) atoms. The quantitative estimate of drug-likeness (QED) is 0.882. The number of hydrogen-bond donors (Lipinski definition) is 1. The second kappa shape index (κ2) is 5.27. The molecule has 1 unspecified atom stereocenters. The van der Waals surface area contributed by atoms with Gasteiger partial charge in [0.1, 0.15) is 0 Å². The molecule has 0 aliphatic heterocycles. The second-order valence-electron chi connectivity index (χ2n) is 4.42. The van der Waals surface area contributed by atoms with E-state index in [1.807, 2.05) is 31.2 Å². The zero-order valence-corrected chi connectivity index (χ0v) is 10.2. The van der Waals surface area contributed by atoms with Crippen LogP contribution in [0.3, 0.4) is 0 Å². The van der Waals surface area contributed by atoms with Crippen LogP contribution in [-0.2, 0) is 6.42 Å². The first kappa shape index (κ1) is 12.7. The van der Waals surface area contributed by atoms with E-state index in [9.17, 15) is 8.78 Å². The highest BCUT2D eigenvalue weighted by molar-refractivity contribution is 5.30. The van der Waals surface area contributed by atoms with Crippen LogP contribution in [0.15, 0.2) is 42.5 Å². The molecule has 1 atom stereocenters. The molecule has 0 aliphatic carbocycles. The fourth-order valence-corrected chi connectivity index (χ4v) is 2.03. The summed E-state index contributed by atoms with van der Waals surface area (Å²) in [6.07, 6.45) is 0.488. The van der Waals surface area contributed by atoms with Crippen LogP contribution in [0, 0.1) is 18.6 Å². The first-order valence-corrected chi connectivity index (χ1v) is 5.83. The molecule has 0 amide bonds. The minimum absolute atomic E-state index is 0.212. The van der Waals surface area contributed by atoms with Crippen LogP contribution in [0.5, 0.6) is 0 Å². The maximum absolute atomic E-state index is 13.1. The third-order valence-electron chi connectivity index (χ3n) is 3.03. The van der Waals surface area contributed by atoms with Gasteiger partial charge in [0.2, 0.25) is 0 Å². The molecule has 0 aromatic heterocycles. The van der Waals surface area contributed by atoms with E-state index in [4.69, 9.17) is 5.73 Å². The van der Waals surface area contributed by atoms with Gasteiger partial charge in [-0.1, -0.05) is 30.3 Å². The molecule has 1 nitrogen and oxygen atoms in total. The van der Waals surface area contributed by atoms with Gasteiger partial charge in [0.05, 0.1) is 0 Å². The predicted molar refractivity (Wildman–Crippen MR) is 68.2 cm³/mol. The Balaban J connectivity index is 2.19. The normalized spacial score (nSPS) is 12.4. The molecule has 0 saturated carbocycles. The van der Waals surface area contributed by atoms with Crippen molar-refractivity contribution in [3.05, 3.63) is 70.8 Å². The fraction of sp³-hybridized carbons (Fsp3) is 0.200. The van der Waals surface area contributed by atoms with E-state index >= 15 is 0 Å². The predicted octanol–water partition coefficient (Wildman–Crippen LogP) is 3.52. The van der Waals surface area contributed by atoms with Crippen molar-refractivity contribution < 1.29 is 8.78 Å². The van der Waals surface area contributed by atoms with Crippen molar-refractivity contribution >= 4 is 0 Å². The van der Waals surface area contributed by atoms with Gasteiger partial charge in [0.15, 0.2) is 11.6 Å². The first-order valence-electron chi connectivity index (χ1n) is 5.83. The van der Waals surface area contributed by atoms with E-state index in [1.54, 1.807) is 6.07 Å². The lowest BCUT2D eigenvalue weighted by atomic mass is 9.96. The van der Waals surface area contributed by atoms with Crippen molar-refractivity contribution in [2.75, 3.05) is 0 Å².